The summed E-state index contributed by atoms with van der Waals surface area (Å²) in [6.45, 7) is 3.21. The van der Waals surface area contributed by atoms with Gasteiger partial charge in [-0.25, -0.2) is 4.58 Å². The van der Waals surface area contributed by atoms with Crippen LogP contribution < -0.4 is 13.3 Å². The quantitative estimate of drug-likeness (QED) is 0.778. The number of hydrogen-bond acceptors (Lipinski definition) is 3. The number of nitrogens with zero attached hydrogens (tertiary/aromatic N) is 1. The van der Waals surface area contributed by atoms with Gasteiger partial charge in [-0.2, -0.15) is 0 Å². The van der Waals surface area contributed by atoms with E-state index in [1.54, 1.807) is 18.4 Å². The highest BCUT2D eigenvalue weighted by Crippen LogP contribution is 2.25. The van der Waals surface area contributed by atoms with Crippen molar-refractivity contribution < 1.29 is 4.74 Å². The molecule has 0 fully saturated rings. The van der Waals surface area contributed by atoms with Gasteiger partial charge in [-0.1, -0.05) is 22.7 Å². The predicted octanol–water partition coefficient (Wildman–Crippen LogP) is 2.91. The molecule has 0 aliphatic rings. The number of ether oxygens (including phenoxy) is 1. The average Bonchev–Trinajstić information content (AvgIpc) is 2.87. The minimum Gasteiger partial charge on any atom is -0.497 e. The number of hydrogen-bond donors (Lipinski definition) is 0. The van der Waals surface area contributed by atoms with Crippen molar-refractivity contribution in [2.75, 3.05) is 20.7 Å². The number of benzene rings is 1. The minimum absolute atomic E-state index is 0.903. The summed E-state index contributed by atoms with van der Waals surface area (Å²) in [7, 11) is 3.82. The highest BCUT2D eigenvalue weighted by molar-refractivity contribution is 7.28. The first-order valence-corrected chi connectivity index (χ1v) is 7.21. The van der Waals surface area contributed by atoms with Crippen LogP contribution in [0.15, 0.2) is 29.6 Å². The Morgan fingerprint density at radius 1 is 1.24 bits per heavy atom. The van der Waals surface area contributed by atoms with Gasteiger partial charge in [0.05, 0.1) is 12.0 Å². The van der Waals surface area contributed by atoms with Gasteiger partial charge in [-0.05, 0) is 36.8 Å². The van der Waals surface area contributed by atoms with E-state index in [0.29, 0.717) is 0 Å². The molecule has 17 heavy (non-hydrogen) atoms. The standard InChI is InChI=1S/C13H16NOS2/c1-4-14(2)13-16-9-12(17-13)10-5-7-11(15-3)8-6-10/h5-9H,4H2,1-3H3/q+1. The zero-order chi connectivity index (χ0) is 12.3. The lowest BCUT2D eigenvalue weighted by molar-refractivity contribution is 0.415. The highest BCUT2D eigenvalue weighted by Gasteiger charge is 2.05. The number of rotatable bonds is 3. The van der Waals surface area contributed by atoms with Crippen LogP contribution in [-0.4, -0.2) is 20.7 Å². The Morgan fingerprint density at radius 3 is 2.53 bits per heavy atom. The molecule has 2 rings (SSSR count). The van der Waals surface area contributed by atoms with Gasteiger partial charge in [0.15, 0.2) is 0 Å². The maximum Gasteiger partial charge on any atom is 0.314 e. The van der Waals surface area contributed by atoms with Gasteiger partial charge in [0.25, 0.3) is 0 Å². The fraction of sp³-hybridized carbons (Fsp3) is 0.308. The molecule has 0 unspecified atom stereocenters. The second kappa shape index (κ2) is 5.47. The Hall–Kier alpha value is -1.13. The van der Waals surface area contributed by atoms with Crippen LogP contribution in [-0.2, 0) is 0 Å². The maximum absolute atomic E-state index is 5.16. The lowest BCUT2D eigenvalue weighted by Crippen LogP contribution is -2.20. The first-order chi connectivity index (χ1) is 8.24. The van der Waals surface area contributed by atoms with Crippen LogP contribution in [0.25, 0.3) is 10.4 Å². The van der Waals surface area contributed by atoms with Crippen molar-refractivity contribution in [2.45, 2.75) is 6.92 Å². The second-order valence-corrected chi connectivity index (χ2v) is 5.86. The van der Waals surface area contributed by atoms with E-state index in [-0.39, 0.29) is 0 Å². The van der Waals surface area contributed by atoms with E-state index >= 15 is 0 Å². The summed E-state index contributed by atoms with van der Waals surface area (Å²) in [5, 5.41) is 2.22. The summed E-state index contributed by atoms with van der Waals surface area (Å²) in [5.41, 5.74) is 1.25. The topological polar surface area (TPSA) is 12.2 Å². The number of methoxy groups -OCH3 is 1. The molecule has 0 spiro atoms. The Morgan fingerprint density at radius 2 is 1.94 bits per heavy atom. The molecule has 90 valence electrons. The first-order valence-electron chi connectivity index (χ1n) is 5.51. The molecule has 1 aromatic heterocycles. The Labute approximate surface area is 109 Å². The molecule has 0 amide bonds. The molecule has 0 saturated heterocycles. The van der Waals surface area contributed by atoms with Crippen molar-refractivity contribution in [3.05, 3.63) is 33.6 Å². The molecule has 0 aliphatic heterocycles. The van der Waals surface area contributed by atoms with Crippen molar-refractivity contribution in [1.82, 2.24) is 4.58 Å². The fourth-order valence-corrected chi connectivity index (χ4v) is 3.75. The predicted molar refractivity (Wildman–Crippen MR) is 75.9 cm³/mol. The molecule has 1 aromatic carbocycles. The van der Waals surface area contributed by atoms with Gasteiger partial charge in [-0.15, -0.1) is 0 Å². The molecule has 0 bridgehead atoms. The maximum atomic E-state index is 5.16. The third kappa shape index (κ3) is 2.76. The van der Waals surface area contributed by atoms with Crippen molar-refractivity contribution in [3.63, 3.8) is 0 Å². The molecule has 0 N–H and O–H groups in total. The van der Waals surface area contributed by atoms with E-state index < -0.39 is 0 Å². The molecular weight excluding hydrogens is 250 g/mol. The highest BCUT2D eigenvalue weighted by atomic mass is 32.2. The lowest BCUT2D eigenvalue weighted by atomic mass is 10.2. The molecule has 0 atom stereocenters. The minimum atomic E-state index is 0.903. The summed E-state index contributed by atoms with van der Waals surface area (Å²) in [5.74, 6) is 0.903. The fourth-order valence-electron chi connectivity index (χ4n) is 1.43. The van der Waals surface area contributed by atoms with Gasteiger partial charge in [0.2, 0.25) is 0 Å². The van der Waals surface area contributed by atoms with E-state index in [2.05, 4.69) is 36.1 Å². The Bertz CT molecular complexity index is 551. The van der Waals surface area contributed by atoms with Gasteiger partial charge >= 0.3 is 3.98 Å². The van der Waals surface area contributed by atoms with Crippen LogP contribution in [0.2, 0.25) is 0 Å². The lowest BCUT2D eigenvalue weighted by Gasteiger charge is -1.99. The molecule has 4 heteroatoms. The zero-order valence-corrected chi connectivity index (χ0v) is 11.9. The summed E-state index contributed by atoms with van der Waals surface area (Å²) in [6, 6.07) is 8.21. The third-order valence-corrected chi connectivity index (χ3v) is 5.24. The molecular formula is C13H16NOS2+. The van der Waals surface area contributed by atoms with E-state index in [1.807, 2.05) is 23.5 Å². The van der Waals surface area contributed by atoms with Gasteiger partial charge in [0, 0.05) is 5.38 Å². The van der Waals surface area contributed by atoms with E-state index in [4.69, 9.17) is 4.74 Å². The van der Waals surface area contributed by atoms with Gasteiger partial charge in [0.1, 0.15) is 19.3 Å². The van der Waals surface area contributed by atoms with E-state index in [0.717, 1.165) is 12.3 Å². The molecule has 0 radical (unpaired) electrons. The van der Waals surface area contributed by atoms with Crippen molar-refractivity contribution in [2.24, 2.45) is 0 Å². The van der Waals surface area contributed by atoms with Crippen LogP contribution >= 0.6 is 22.7 Å². The summed E-state index contributed by atoms with van der Waals surface area (Å²) in [4.78, 5) is 1.31. The average molecular weight is 266 g/mol. The smallest absolute Gasteiger partial charge is 0.314 e. The third-order valence-electron chi connectivity index (χ3n) is 2.62. The van der Waals surface area contributed by atoms with Crippen LogP contribution in [0.3, 0.4) is 0 Å². The van der Waals surface area contributed by atoms with Gasteiger partial charge in [-0.3, -0.25) is 0 Å². The zero-order valence-electron chi connectivity index (χ0n) is 10.3. The second-order valence-electron chi connectivity index (χ2n) is 3.71. The first kappa shape index (κ1) is 12.3. The van der Waals surface area contributed by atoms with Crippen molar-refractivity contribution >= 4 is 22.7 Å². The molecule has 2 nitrogen and oxygen atoms in total. The molecule has 1 heterocycles. The van der Waals surface area contributed by atoms with Crippen LogP contribution in [0, 0.1) is 0 Å². The summed E-state index contributed by atoms with van der Waals surface area (Å²) >= 11 is 3.64. The Balaban J connectivity index is 2.37. The molecule has 0 aliphatic carbocycles. The van der Waals surface area contributed by atoms with Crippen LogP contribution in [0.4, 0.5) is 0 Å². The monoisotopic (exact) mass is 266 g/mol. The van der Waals surface area contributed by atoms with E-state index in [1.165, 1.54) is 14.4 Å². The Kier molecular flexibility index (Phi) is 3.97. The van der Waals surface area contributed by atoms with Crippen molar-refractivity contribution in [3.8, 4) is 16.2 Å². The van der Waals surface area contributed by atoms with Gasteiger partial charge < -0.3 is 4.74 Å². The summed E-state index contributed by atoms with van der Waals surface area (Å²) in [6.07, 6.45) is 0. The SMILES string of the molecule is CC[N+](C)=c1scc(-c2ccc(OC)cc2)s1. The molecule has 0 saturated carbocycles. The van der Waals surface area contributed by atoms with E-state index in [9.17, 15) is 0 Å². The van der Waals surface area contributed by atoms with Crippen molar-refractivity contribution in [1.29, 1.82) is 0 Å². The largest absolute Gasteiger partial charge is 0.497 e. The normalized spacial score (nSPS) is 12.4. The summed E-state index contributed by atoms with van der Waals surface area (Å²) < 4.78 is 8.78. The van der Waals surface area contributed by atoms with Crippen LogP contribution in [0.5, 0.6) is 5.75 Å². The van der Waals surface area contributed by atoms with Crippen LogP contribution in [0.1, 0.15) is 6.92 Å². The molecule has 2 aromatic rings.